The Hall–Kier alpha value is -2.73. The molecule has 0 spiro atoms. The molecule has 3 rings (SSSR count). The fourth-order valence-electron chi connectivity index (χ4n) is 2.92. The van der Waals surface area contributed by atoms with Gasteiger partial charge in [-0.2, -0.15) is 0 Å². The lowest BCUT2D eigenvalue weighted by atomic mass is 10.1. The highest BCUT2D eigenvalue weighted by molar-refractivity contribution is 8.13. The molecule has 29 heavy (non-hydrogen) atoms. The van der Waals surface area contributed by atoms with Gasteiger partial charge in [0.15, 0.2) is 0 Å². The van der Waals surface area contributed by atoms with Gasteiger partial charge in [-0.3, -0.25) is 0 Å². The van der Waals surface area contributed by atoms with Crippen LogP contribution in [0.25, 0.3) is 0 Å². The van der Waals surface area contributed by atoms with Crippen molar-refractivity contribution in [2.24, 2.45) is 10.9 Å². The van der Waals surface area contributed by atoms with E-state index in [-0.39, 0.29) is 0 Å². The normalized spacial score (nSPS) is 13.7. The molecular weight excluding hydrogens is 386 g/mol. The molecule has 0 bridgehead atoms. The zero-order valence-corrected chi connectivity index (χ0v) is 17.8. The third kappa shape index (κ3) is 5.41. The van der Waals surface area contributed by atoms with Crippen LogP contribution in [0.5, 0.6) is 17.2 Å². The molecule has 152 valence electrons. The van der Waals surface area contributed by atoms with E-state index < -0.39 is 5.97 Å². The number of nitrogens with zero attached hydrogens (tertiary/aromatic N) is 1. The van der Waals surface area contributed by atoms with Crippen LogP contribution in [0, 0.1) is 12.8 Å². The van der Waals surface area contributed by atoms with Crippen LogP contribution in [0.4, 0.5) is 5.69 Å². The molecule has 0 heterocycles. The Morgan fingerprint density at radius 1 is 1.24 bits per heavy atom. The van der Waals surface area contributed by atoms with E-state index in [0.717, 1.165) is 52.3 Å². The second kappa shape index (κ2) is 9.65. The van der Waals surface area contributed by atoms with Crippen molar-refractivity contribution in [3.05, 3.63) is 60.2 Å². The molecule has 6 heteroatoms. The SMILES string of the molecule is C=CC(=O)Oc1ccc(C)c(OC)c1CSC(=Nc1cccc(OC)c1)C1CC1. The summed E-state index contributed by atoms with van der Waals surface area (Å²) >= 11 is 1.65. The Kier molecular flexibility index (Phi) is 6.99. The molecule has 1 aliphatic carbocycles. The first kappa shape index (κ1) is 21.0. The molecule has 0 amide bonds. The van der Waals surface area contributed by atoms with Crippen LogP contribution >= 0.6 is 11.8 Å². The van der Waals surface area contributed by atoms with E-state index in [9.17, 15) is 4.79 Å². The first-order valence-corrected chi connectivity index (χ1v) is 10.4. The van der Waals surface area contributed by atoms with Gasteiger partial charge in [0, 0.05) is 29.4 Å². The van der Waals surface area contributed by atoms with Gasteiger partial charge in [-0.15, -0.1) is 11.8 Å². The highest BCUT2D eigenvalue weighted by Crippen LogP contribution is 2.41. The lowest BCUT2D eigenvalue weighted by molar-refractivity contribution is -0.129. The summed E-state index contributed by atoms with van der Waals surface area (Å²) in [4.78, 5) is 16.6. The summed E-state index contributed by atoms with van der Waals surface area (Å²) in [5.74, 6) is 2.56. The van der Waals surface area contributed by atoms with Crippen molar-refractivity contribution in [3.63, 3.8) is 0 Å². The molecule has 5 nitrogen and oxygen atoms in total. The van der Waals surface area contributed by atoms with E-state index in [1.165, 1.54) is 0 Å². The minimum atomic E-state index is -0.491. The van der Waals surface area contributed by atoms with Gasteiger partial charge in [-0.05, 0) is 43.5 Å². The van der Waals surface area contributed by atoms with E-state index in [0.29, 0.717) is 17.4 Å². The van der Waals surface area contributed by atoms with Crippen LogP contribution < -0.4 is 14.2 Å². The Bertz CT molecular complexity index is 934. The molecular formula is C23H25NO4S. The topological polar surface area (TPSA) is 57.1 Å². The van der Waals surface area contributed by atoms with Gasteiger partial charge in [0.05, 0.1) is 25.0 Å². The average molecular weight is 412 g/mol. The zero-order valence-electron chi connectivity index (χ0n) is 16.9. The quantitative estimate of drug-likeness (QED) is 0.189. The number of hydrogen-bond acceptors (Lipinski definition) is 6. The third-order valence-electron chi connectivity index (χ3n) is 4.58. The third-order valence-corrected chi connectivity index (χ3v) is 5.73. The van der Waals surface area contributed by atoms with Gasteiger partial charge in [0.2, 0.25) is 0 Å². The van der Waals surface area contributed by atoms with E-state index in [1.54, 1.807) is 32.0 Å². The van der Waals surface area contributed by atoms with Crippen molar-refractivity contribution < 1.29 is 19.0 Å². The number of esters is 1. The summed E-state index contributed by atoms with van der Waals surface area (Å²) < 4.78 is 16.3. The maximum Gasteiger partial charge on any atom is 0.335 e. The van der Waals surface area contributed by atoms with Crippen LogP contribution in [0.2, 0.25) is 0 Å². The fourth-order valence-corrected chi connectivity index (χ4v) is 4.13. The molecule has 0 N–H and O–H groups in total. The molecule has 1 aliphatic rings. The van der Waals surface area contributed by atoms with Crippen molar-refractivity contribution in [2.75, 3.05) is 14.2 Å². The standard InChI is InChI=1S/C23H25NO4S/c1-5-21(25)28-20-12-9-15(2)22(27-4)19(20)14-29-23(16-10-11-16)24-17-7-6-8-18(13-17)26-3/h5-9,12-13,16H,1,10-11,14H2,2-4H3. The molecule has 1 fully saturated rings. The lowest BCUT2D eigenvalue weighted by Gasteiger charge is -2.16. The largest absolute Gasteiger partial charge is 0.497 e. The summed E-state index contributed by atoms with van der Waals surface area (Å²) in [6.45, 7) is 5.44. The fraction of sp³-hybridized carbons (Fsp3) is 0.304. The Morgan fingerprint density at radius 2 is 2.03 bits per heavy atom. The van der Waals surface area contributed by atoms with Crippen molar-refractivity contribution >= 4 is 28.5 Å². The first-order chi connectivity index (χ1) is 14.0. The van der Waals surface area contributed by atoms with Gasteiger partial charge in [0.1, 0.15) is 17.2 Å². The highest BCUT2D eigenvalue weighted by atomic mass is 32.2. The number of thioether (sulfide) groups is 1. The van der Waals surface area contributed by atoms with Crippen LogP contribution in [-0.2, 0) is 10.5 Å². The molecule has 0 aromatic heterocycles. The van der Waals surface area contributed by atoms with Gasteiger partial charge in [-0.25, -0.2) is 9.79 Å². The number of carbonyl (C=O) groups excluding carboxylic acids is 1. The number of benzene rings is 2. The summed E-state index contributed by atoms with van der Waals surface area (Å²) in [6.07, 6.45) is 3.43. The molecule has 0 saturated heterocycles. The molecule has 1 saturated carbocycles. The van der Waals surface area contributed by atoms with Crippen LogP contribution in [0.1, 0.15) is 24.0 Å². The molecule has 0 aliphatic heterocycles. The highest BCUT2D eigenvalue weighted by Gasteiger charge is 2.29. The summed E-state index contributed by atoms with van der Waals surface area (Å²) in [5, 5.41) is 1.07. The number of aryl methyl sites for hydroxylation is 1. The minimum absolute atomic E-state index is 0.473. The van der Waals surface area contributed by atoms with Gasteiger partial charge >= 0.3 is 5.97 Å². The molecule has 0 radical (unpaired) electrons. The maximum absolute atomic E-state index is 11.8. The predicted molar refractivity (Wildman–Crippen MR) is 118 cm³/mol. The number of rotatable bonds is 8. The number of hydrogen-bond donors (Lipinski definition) is 0. The van der Waals surface area contributed by atoms with E-state index in [1.807, 2.05) is 37.3 Å². The summed E-state index contributed by atoms with van der Waals surface area (Å²) in [5.41, 5.74) is 2.69. The second-order valence-electron chi connectivity index (χ2n) is 6.73. The van der Waals surface area contributed by atoms with Crippen LogP contribution in [0.15, 0.2) is 54.0 Å². The average Bonchev–Trinajstić information content (AvgIpc) is 3.58. The minimum Gasteiger partial charge on any atom is -0.497 e. The number of methoxy groups -OCH3 is 2. The van der Waals surface area contributed by atoms with Crippen molar-refractivity contribution in [1.29, 1.82) is 0 Å². The van der Waals surface area contributed by atoms with Crippen molar-refractivity contribution in [3.8, 4) is 17.2 Å². The molecule has 0 atom stereocenters. The summed E-state index contributed by atoms with van der Waals surface area (Å²) in [6, 6.07) is 11.4. The van der Waals surface area contributed by atoms with E-state index >= 15 is 0 Å². The number of ether oxygens (including phenoxy) is 3. The van der Waals surface area contributed by atoms with E-state index in [4.69, 9.17) is 19.2 Å². The number of carbonyl (C=O) groups is 1. The second-order valence-corrected chi connectivity index (χ2v) is 7.73. The molecule has 0 unspecified atom stereocenters. The monoisotopic (exact) mass is 411 g/mol. The first-order valence-electron chi connectivity index (χ1n) is 9.41. The number of aliphatic imine (C=N–C) groups is 1. The zero-order chi connectivity index (χ0) is 20.8. The van der Waals surface area contributed by atoms with Crippen molar-refractivity contribution in [2.45, 2.75) is 25.5 Å². The van der Waals surface area contributed by atoms with Gasteiger partial charge in [0.25, 0.3) is 0 Å². The predicted octanol–water partition coefficient (Wildman–Crippen LogP) is 5.48. The van der Waals surface area contributed by atoms with Crippen LogP contribution in [0.3, 0.4) is 0 Å². The smallest absolute Gasteiger partial charge is 0.335 e. The van der Waals surface area contributed by atoms with E-state index in [2.05, 4.69) is 6.58 Å². The lowest BCUT2D eigenvalue weighted by Crippen LogP contribution is -2.07. The van der Waals surface area contributed by atoms with Crippen molar-refractivity contribution in [1.82, 2.24) is 0 Å². The van der Waals surface area contributed by atoms with Gasteiger partial charge < -0.3 is 14.2 Å². The molecule has 2 aromatic carbocycles. The van der Waals surface area contributed by atoms with Crippen LogP contribution in [-0.4, -0.2) is 25.2 Å². The van der Waals surface area contributed by atoms with Gasteiger partial charge in [-0.1, -0.05) is 18.7 Å². The maximum atomic E-state index is 11.8. The summed E-state index contributed by atoms with van der Waals surface area (Å²) in [7, 11) is 3.28. The molecule has 2 aromatic rings. The Morgan fingerprint density at radius 3 is 2.69 bits per heavy atom. The Balaban J connectivity index is 1.87. The Labute approximate surface area is 175 Å².